The van der Waals surface area contributed by atoms with Gasteiger partial charge in [0.25, 0.3) is 0 Å². The topological polar surface area (TPSA) is 61.1 Å². The Labute approximate surface area is 143 Å². The fourth-order valence-corrected chi connectivity index (χ4v) is 5.41. The van der Waals surface area contributed by atoms with E-state index in [1.54, 1.807) is 19.1 Å². The highest BCUT2D eigenvalue weighted by Gasteiger charge is 2.60. The predicted molar refractivity (Wildman–Crippen MR) is 87.3 cm³/mol. The molecule has 0 heterocycles. The first-order chi connectivity index (χ1) is 12.5. The second-order valence-electron chi connectivity index (χ2n) is 7.64. The smallest absolute Gasteiger partial charge is 0.156 e. The van der Waals surface area contributed by atoms with Crippen molar-refractivity contribution >= 4 is 5.78 Å². The van der Waals surface area contributed by atoms with E-state index < -0.39 is 23.8 Å². The Balaban J connectivity index is 1.82. The van der Waals surface area contributed by atoms with E-state index in [0.29, 0.717) is 19.3 Å². The lowest BCUT2D eigenvalue weighted by Crippen LogP contribution is -2.49. The molecule has 0 saturated heterocycles. The van der Waals surface area contributed by atoms with E-state index in [1.165, 1.54) is 11.1 Å². The van der Waals surface area contributed by atoms with Crippen molar-refractivity contribution in [2.24, 2.45) is 17.3 Å². The molecular weight excluding hydrogens is 288 g/mol. The van der Waals surface area contributed by atoms with E-state index in [9.17, 15) is 15.2 Å². The fraction of sp³-hybridized carbons (Fsp3) is 0.700. The number of carbonyl (C=O) groups excluding carboxylic acids is 1. The van der Waals surface area contributed by atoms with Crippen molar-refractivity contribution in [2.75, 3.05) is 0 Å². The summed E-state index contributed by atoms with van der Waals surface area (Å²) < 4.78 is 33.2. The van der Waals surface area contributed by atoms with Crippen LogP contribution < -0.4 is 0 Å². The molecule has 23 heavy (non-hydrogen) atoms. The van der Waals surface area contributed by atoms with Crippen LogP contribution in [0.4, 0.5) is 0 Å². The van der Waals surface area contributed by atoms with Gasteiger partial charge in [-0.2, -0.15) is 5.26 Å². The molecule has 2 fully saturated rings. The Morgan fingerprint density at radius 3 is 3.04 bits per heavy atom. The zero-order chi connectivity index (χ0) is 19.8. The monoisotopic (exact) mass is 317 g/mol. The third kappa shape index (κ3) is 2.01. The first kappa shape index (κ1) is 11.2. The summed E-state index contributed by atoms with van der Waals surface area (Å²) in [7, 11) is 0. The van der Waals surface area contributed by atoms with Gasteiger partial charge in [-0.25, -0.2) is 0 Å². The molecular formula is C20H25NO2. The van der Waals surface area contributed by atoms with Crippen LogP contribution in [0.25, 0.3) is 0 Å². The van der Waals surface area contributed by atoms with Gasteiger partial charge in [0.2, 0.25) is 0 Å². The molecule has 0 unspecified atom stereocenters. The zero-order valence-electron chi connectivity index (χ0n) is 17.5. The second-order valence-corrected chi connectivity index (χ2v) is 7.64. The molecule has 0 spiro atoms. The molecule has 0 aromatic carbocycles. The van der Waals surface area contributed by atoms with Gasteiger partial charge in [-0.05, 0) is 74.0 Å². The maximum Gasteiger partial charge on any atom is 0.156 e. The SMILES string of the molecule is [2H]C1([2H])C[C@H]2[C@@H]3CCC4=CC(=O)CCC4=C3CC[C@]2(C)[C@]1(O)C([2H])([2H])[13C]#[15N]. The molecule has 122 valence electrons. The Kier molecular flexibility index (Phi) is 2.46. The van der Waals surface area contributed by atoms with Gasteiger partial charge < -0.3 is 5.11 Å². The van der Waals surface area contributed by atoms with Gasteiger partial charge in [-0.1, -0.05) is 12.5 Å². The van der Waals surface area contributed by atoms with Gasteiger partial charge in [0, 0.05) is 17.3 Å². The third-order valence-corrected chi connectivity index (χ3v) is 6.76. The highest BCUT2D eigenvalue weighted by molar-refractivity contribution is 5.93. The normalized spacial score (nSPS) is 47.9. The minimum Gasteiger partial charge on any atom is -0.388 e. The maximum absolute atomic E-state index is 11.8. The molecule has 0 aromatic rings. The number of fused-ring (bicyclic) bond motifs is 4. The minimum absolute atomic E-state index is 0.0562. The minimum atomic E-state index is -2.67. The van der Waals surface area contributed by atoms with Gasteiger partial charge in [0.1, 0.15) is 0 Å². The number of nitrogens with zero attached hydrogens (tertiary/aromatic N) is 1. The van der Waals surface area contributed by atoms with Crippen molar-refractivity contribution in [3.63, 3.8) is 0 Å². The predicted octanol–water partition coefficient (Wildman–Crippen LogP) is 3.84. The maximum atomic E-state index is 11.8. The summed E-state index contributed by atoms with van der Waals surface area (Å²) in [6.45, 7) is 1.77. The number of nitriles is 1. The molecule has 2 saturated carbocycles. The van der Waals surface area contributed by atoms with Crippen LogP contribution in [0.3, 0.4) is 0 Å². The van der Waals surface area contributed by atoms with E-state index in [1.807, 2.05) is 0 Å². The molecule has 0 amide bonds. The molecule has 4 rings (SSSR count). The van der Waals surface area contributed by atoms with Crippen LogP contribution in [0.2, 0.25) is 0 Å². The first-order valence-electron chi connectivity index (χ1n) is 10.6. The summed E-state index contributed by atoms with van der Waals surface area (Å²) in [5, 5.41) is 20.8. The number of carbonyl (C=O) groups is 1. The molecule has 3 heteroatoms. The van der Waals surface area contributed by atoms with Crippen molar-refractivity contribution in [3.05, 3.63) is 22.8 Å². The molecule has 4 atom stereocenters. The summed E-state index contributed by atoms with van der Waals surface area (Å²) in [5.41, 5.74) is 0.286. The number of rotatable bonds is 1. The van der Waals surface area contributed by atoms with Crippen LogP contribution in [0.5, 0.6) is 0 Å². The summed E-state index contributed by atoms with van der Waals surface area (Å²) >= 11 is 0. The van der Waals surface area contributed by atoms with E-state index in [2.05, 4.69) is 0 Å². The summed E-state index contributed by atoms with van der Waals surface area (Å²) in [5.74, 6) is 0.0429. The lowest BCUT2D eigenvalue weighted by atomic mass is 9.55. The van der Waals surface area contributed by atoms with E-state index in [0.717, 1.165) is 24.8 Å². The summed E-state index contributed by atoms with van der Waals surface area (Å²) in [6.07, 6.45) is 0.897. The standard InChI is InChI=1S/C20H25NO2/c1-19-8-6-16-15-5-3-14(22)12-13(15)2-4-17(16)18(19)7-9-20(19,23)10-11-21/h12,17-18,23H,2-10H2,1H3/t17-,18+,19+,20-/m1/s1/i9D2,10D2,11+1,21+1. The van der Waals surface area contributed by atoms with Gasteiger partial charge in [0.05, 0.1) is 18.0 Å². The van der Waals surface area contributed by atoms with Crippen molar-refractivity contribution in [2.45, 2.75) is 70.2 Å². The highest BCUT2D eigenvalue weighted by atomic mass is 16.3. The van der Waals surface area contributed by atoms with Crippen molar-refractivity contribution in [1.82, 2.24) is 0 Å². The Morgan fingerprint density at radius 1 is 1.43 bits per heavy atom. The first-order valence-corrected chi connectivity index (χ1v) is 8.58. The van der Waals surface area contributed by atoms with Crippen LogP contribution in [0, 0.1) is 28.6 Å². The Hall–Kier alpha value is -1.40. The van der Waals surface area contributed by atoms with E-state index in [-0.39, 0.29) is 24.0 Å². The number of ketones is 1. The van der Waals surface area contributed by atoms with Gasteiger partial charge >= 0.3 is 0 Å². The lowest BCUT2D eigenvalue weighted by Gasteiger charge is -2.51. The van der Waals surface area contributed by atoms with Gasteiger partial charge in [0.15, 0.2) is 5.78 Å². The van der Waals surface area contributed by atoms with Crippen molar-refractivity contribution in [3.8, 4) is 6.07 Å². The largest absolute Gasteiger partial charge is 0.388 e. The van der Waals surface area contributed by atoms with Crippen LogP contribution in [-0.4, -0.2) is 16.5 Å². The molecule has 4 aliphatic rings. The third-order valence-electron chi connectivity index (χ3n) is 6.76. The number of allylic oxidation sites excluding steroid dienone is 4. The van der Waals surface area contributed by atoms with Crippen LogP contribution in [0.1, 0.15) is 70.1 Å². The molecule has 0 radical (unpaired) electrons. The van der Waals surface area contributed by atoms with Crippen LogP contribution in [-0.2, 0) is 4.79 Å². The molecule has 0 aliphatic heterocycles. The Bertz CT molecular complexity index is 824. The Morgan fingerprint density at radius 2 is 2.26 bits per heavy atom. The van der Waals surface area contributed by atoms with Gasteiger partial charge in [-0.15, -0.1) is 0 Å². The van der Waals surface area contributed by atoms with Crippen molar-refractivity contribution in [1.29, 1.82) is 5.26 Å². The molecule has 0 bridgehead atoms. The number of aliphatic hydroxyl groups is 1. The van der Waals surface area contributed by atoms with Crippen LogP contribution in [0.15, 0.2) is 22.8 Å². The molecule has 1 N–H and O–H groups in total. The summed E-state index contributed by atoms with van der Waals surface area (Å²) in [6, 6.07) is 1.54. The number of hydrogen-bond acceptors (Lipinski definition) is 3. The summed E-state index contributed by atoms with van der Waals surface area (Å²) in [4.78, 5) is 11.8. The highest BCUT2D eigenvalue weighted by Crippen LogP contribution is 2.64. The van der Waals surface area contributed by atoms with Crippen LogP contribution >= 0.6 is 0 Å². The van der Waals surface area contributed by atoms with Gasteiger partial charge in [-0.3, -0.25) is 4.79 Å². The second kappa shape index (κ2) is 5.05. The average molecular weight is 317 g/mol. The number of hydrogen-bond donors (Lipinski definition) is 1. The molecule has 0 aromatic heterocycles. The average Bonchev–Trinajstić information content (AvgIpc) is 2.79. The lowest BCUT2D eigenvalue weighted by molar-refractivity contribution is -0.114. The quantitative estimate of drug-likeness (QED) is 0.590. The van der Waals surface area contributed by atoms with Crippen molar-refractivity contribution < 1.29 is 15.4 Å². The molecule has 4 aliphatic carbocycles. The zero-order valence-corrected chi connectivity index (χ0v) is 13.5. The molecule has 3 nitrogen and oxygen atoms in total. The van der Waals surface area contributed by atoms with E-state index in [4.69, 9.17) is 5.48 Å². The fourth-order valence-electron chi connectivity index (χ4n) is 5.41. The van der Waals surface area contributed by atoms with E-state index >= 15 is 0 Å².